The quantitative estimate of drug-likeness (QED) is 0.848. The van der Waals surface area contributed by atoms with Gasteiger partial charge in [0.15, 0.2) is 0 Å². The highest BCUT2D eigenvalue weighted by Crippen LogP contribution is 2.11. The molecule has 3 nitrogen and oxygen atoms in total. The maximum atomic E-state index is 4.21. The van der Waals surface area contributed by atoms with Gasteiger partial charge in [-0.05, 0) is 24.1 Å². The molecule has 0 spiro atoms. The second-order valence-corrected chi connectivity index (χ2v) is 3.60. The predicted molar refractivity (Wildman–Crippen MR) is 65.2 cm³/mol. The molecule has 0 bridgehead atoms. The molecule has 0 saturated heterocycles. The van der Waals surface area contributed by atoms with E-state index in [1.165, 1.54) is 5.56 Å². The van der Waals surface area contributed by atoms with Crippen molar-refractivity contribution < 1.29 is 0 Å². The molecule has 0 amide bonds. The fourth-order valence-corrected chi connectivity index (χ4v) is 1.52. The summed E-state index contributed by atoms with van der Waals surface area (Å²) in [6.07, 6.45) is 6.22. The van der Waals surface area contributed by atoms with Crippen molar-refractivity contribution >= 4 is 5.69 Å². The Morgan fingerprint density at radius 3 is 2.94 bits per heavy atom. The Kier molecular flexibility index (Phi) is 3.49. The zero-order valence-corrected chi connectivity index (χ0v) is 9.35. The Morgan fingerprint density at radius 1 is 1.25 bits per heavy atom. The average Bonchev–Trinajstić information content (AvgIpc) is 2.38. The van der Waals surface area contributed by atoms with Crippen LogP contribution in [-0.2, 0) is 13.0 Å². The van der Waals surface area contributed by atoms with Crippen molar-refractivity contribution in [3.05, 3.63) is 54.1 Å². The lowest BCUT2D eigenvalue weighted by molar-refractivity contribution is 1.01. The van der Waals surface area contributed by atoms with E-state index in [-0.39, 0.29) is 0 Å². The molecule has 3 heteroatoms. The molecule has 1 N–H and O–H groups in total. The van der Waals surface area contributed by atoms with E-state index in [0.29, 0.717) is 6.54 Å². The standard InChI is InChI=1S/C13H15N3/c1-2-11-4-3-5-12(8-11)16-10-13-9-14-6-7-15-13/h3-9,16H,2,10H2,1H3. The lowest BCUT2D eigenvalue weighted by Crippen LogP contribution is -2.01. The summed E-state index contributed by atoms with van der Waals surface area (Å²) >= 11 is 0. The molecule has 0 radical (unpaired) electrons. The van der Waals surface area contributed by atoms with Crippen LogP contribution in [-0.4, -0.2) is 9.97 Å². The van der Waals surface area contributed by atoms with E-state index in [0.717, 1.165) is 17.8 Å². The molecule has 0 aliphatic rings. The summed E-state index contributed by atoms with van der Waals surface area (Å²) in [7, 11) is 0. The minimum absolute atomic E-state index is 0.709. The van der Waals surface area contributed by atoms with Crippen molar-refractivity contribution in [2.75, 3.05) is 5.32 Å². The number of benzene rings is 1. The zero-order valence-electron chi connectivity index (χ0n) is 9.35. The maximum Gasteiger partial charge on any atom is 0.0777 e. The van der Waals surface area contributed by atoms with Crippen molar-refractivity contribution in [3.8, 4) is 0 Å². The van der Waals surface area contributed by atoms with E-state index in [1.807, 2.05) is 0 Å². The molecule has 0 aliphatic heterocycles. The summed E-state index contributed by atoms with van der Waals surface area (Å²) in [5.74, 6) is 0. The molecule has 0 saturated carbocycles. The van der Waals surface area contributed by atoms with Gasteiger partial charge in [-0.2, -0.15) is 0 Å². The zero-order chi connectivity index (χ0) is 11.2. The molecule has 0 fully saturated rings. The van der Waals surface area contributed by atoms with Crippen LogP contribution in [0.15, 0.2) is 42.9 Å². The third kappa shape index (κ3) is 2.79. The second-order valence-electron chi connectivity index (χ2n) is 3.60. The lowest BCUT2D eigenvalue weighted by Gasteiger charge is -2.06. The molecule has 2 rings (SSSR count). The number of aromatic nitrogens is 2. The number of rotatable bonds is 4. The Hall–Kier alpha value is -1.90. The highest BCUT2D eigenvalue weighted by atomic mass is 14.9. The van der Waals surface area contributed by atoms with Crippen molar-refractivity contribution in [1.82, 2.24) is 9.97 Å². The van der Waals surface area contributed by atoms with E-state index >= 15 is 0 Å². The summed E-state index contributed by atoms with van der Waals surface area (Å²) in [5.41, 5.74) is 3.42. The van der Waals surface area contributed by atoms with Gasteiger partial charge in [0.25, 0.3) is 0 Å². The van der Waals surface area contributed by atoms with Crippen molar-refractivity contribution in [1.29, 1.82) is 0 Å². The van der Waals surface area contributed by atoms with Crippen molar-refractivity contribution in [3.63, 3.8) is 0 Å². The molecule has 1 aromatic carbocycles. The van der Waals surface area contributed by atoms with Gasteiger partial charge in [0.1, 0.15) is 0 Å². The molecular formula is C13H15N3. The van der Waals surface area contributed by atoms with E-state index in [2.05, 4.69) is 46.5 Å². The van der Waals surface area contributed by atoms with Gasteiger partial charge in [0, 0.05) is 18.1 Å². The molecule has 16 heavy (non-hydrogen) atoms. The fraction of sp³-hybridized carbons (Fsp3) is 0.231. The number of hydrogen-bond acceptors (Lipinski definition) is 3. The first-order valence-corrected chi connectivity index (χ1v) is 5.46. The number of nitrogens with zero attached hydrogens (tertiary/aromatic N) is 2. The van der Waals surface area contributed by atoms with Gasteiger partial charge in [0.2, 0.25) is 0 Å². The third-order valence-corrected chi connectivity index (χ3v) is 2.43. The Morgan fingerprint density at radius 2 is 2.19 bits per heavy atom. The minimum Gasteiger partial charge on any atom is -0.379 e. The first-order chi connectivity index (χ1) is 7.88. The molecule has 2 aromatic rings. The van der Waals surface area contributed by atoms with Crippen LogP contribution in [0.4, 0.5) is 5.69 Å². The largest absolute Gasteiger partial charge is 0.379 e. The molecular weight excluding hydrogens is 198 g/mol. The SMILES string of the molecule is CCc1cccc(NCc2cnccn2)c1. The van der Waals surface area contributed by atoms with Crippen molar-refractivity contribution in [2.24, 2.45) is 0 Å². The highest BCUT2D eigenvalue weighted by molar-refractivity contribution is 5.45. The van der Waals surface area contributed by atoms with Crippen LogP contribution in [0.5, 0.6) is 0 Å². The molecule has 1 heterocycles. The van der Waals surface area contributed by atoms with E-state index in [1.54, 1.807) is 18.6 Å². The van der Waals surface area contributed by atoms with Crippen LogP contribution in [0.2, 0.25) is 0 Å². The number of hydrogen-bond donors (Lipinski definition) is 1. The number of aryl methyl sites for hydroxylation is 1. The monoisotopic (exact) mass is 213 g/mol. The topological polar surface area (TPSA) is 37.8 Å². The molecule has 0 unspecified atom stereocenters. The van der Waals surface area contributed by atoms with Crippen LogP contribution in [0.3, 0.4) is 0 Å². The normalized spacial score (nSPS) is 10.1. The third-order valence-electron chi connectivity index (χ3n) is 2.43. The predicted octanol–water partition coefficient (Wildman–Crippen LogP) is 2.65. The number of anilines is 1. The first-order valence-electron chi connectivity index (χ1n) is 5.46. The maximum absolute atomic E-state index is 4.21. The van der Waals surface area contributed by atoms with Gasteiger partial charge in [-0.3, -0.25) is 9.97 Å². The van der Waals surface area contributed by atoms with Gasteiger partial charge in [-0.1, -0.05) is 19.1 Å². The summed E-state index contributed by atoms with van der Waals surface area (Å²) < 4.78 is 0. The summed E-state index contributed by atoms with van der Waals surface area (Å²) in [6, 6.07) is 8.43. The number of nitrogens with one attached hydrogen (secondary N) is 1. The van der Waals surface area contributed by atoms with Crippen LogP contribution in [0, 0.1) is 0 Å². The summed E-state index contributed by atoms with van der Waals surface area (Å²) in [6.45, 7) is 2.86. The van der Waals surface area contributed by atoms with Crippen LogP contribution >= 0.6 is 0 Å². The van der Waals surface area contributed by atoms with E-state index < -0.39 is 0 Å². The lowest BCUT2D eigenvalue weighted by atomic mass is 10.1. The smallest absolute Gasteiger partial charge is 0.0777 e. The molecule has 0 aliphatic carbocycles. The van der Waals surface area contributed by atoms with Crippen LogP contribution in [0.25, 0.3) is 0 Å². The Bertz CT molecular complexity index is 440. The highest BCUT2D eigenvalue weighted by Gasteiger charge is 1.95. The van der Waals surface area contributed by atoms with Crippen LogP contribution in [0.1, 0.15) is 18.2 Å². The first kappa shape index (κ1) is 10.6. The molecule has 1 aromatic heterocycles. The van der Waals surface area contributed by atoms with Gasteiger partial charge in [-0.15, -0.1) is 0 Å². The fourth-order valence-electron chi connectivity index (χ4n) is 1.52. The Balaban J connectivity index is 1.99. The van der Waals surface area contributed by atoms with E-state index in [4.69, 9.17) is 0 Å². The second kappa shape index (κ2) is 5.26. The van der Waals surface area contributed by atoms with Crippen molar-refractivity contribution in [2.45, 2.75) is 19.9 Å². The molecule has 0 atom stereocenters. The summed E-state index contributed by atoms with van der Waals surface area (Å²) in [5, 5.41) is 3.33. The average molecular weight is 213 g/mol. The Labute approximate surface area is 95.6 Å². The minimum atomic E-state index is 0.709. The van der Waals surface area contributed by atoms with Gasteiger partial charge in [0.05, 0.1) is 18.4 Å². The summed E-state index contributed by atoms with van der Waals surface area (Å²) in [4.78, 5) is 8.24. The van der Waals surface area contributed by atoms with Crippen LogP contribution < -0.4 is 5.32 Å². The molecule has 82 valence electrons. The van der Waals surface area contributed by atoms with E-state index in [9.17, 15) is 0 Å². The van der Waals surface area contributed by atoms with Gasteiger partial charge in [-0.25, -0.2) is 0 Å². The van der Waals surface area contributed by atoms with Gasteiger partial charge < -0.3 is 5.32 Å². The van der Waals surface area contributed by atoms with Gasteiger partial charge >= 0.3 is 0 Å².